The molecule has 31 heavy (non-hydrogen) atoms. The Hall–Kier alpha value is -2.87. The molecule has 1 amide bonds. The molecule has 1 aromatic carbocycles. The average molecular weight is 427 g/mol. The third-order valence-electron chi connectivity index (χ3n) is 6.24. The van der Waals surface area contributed by atoms with Gasteiger partial charge in [-0.2, -0.15) is 0 Å². The molecule has 2 aliphatic rings. The van der Waals surface area contributed by atoms with Crippen molar-refractivity contribution in [1.82, 2.24) is 19.8 Å². The number of nitrogens with zero attached hydrogens (tertiary/aromatic N) is 3. The van der Waals surface area contributed by atoms with Gasteiger partial charge in [0.2, 0.25) is 5.91 Å². The summed E-state index contributed by atoms with van der Waals surface area (Å²) in [5.74, 6) is 2.10. The van der Waals surface area contributed by atoms with Gasteiger partial charge < -0.3 is 24.3 Å². The first-order valence-corrected chi connectivity index (χ1v) is 10.8. The van der Waals surface area contributed by atoms with E-state index in [4.69, 9.17) is 14.5 Å². The van der Waals surface area contributed by atoms with E-state index in [1.807, 2.05) is 30.1 Å². The molecule has 1 atom stereocenters. The Morgan fingerprint density at radius 3 is 2.81 bits per heavy atom. The smallest absolute Gasteiger partial charge is 0.255 e. The molecule has 3 heterocycles. The van der Waals surface area contributed by atoms with Gasteiger partial charge in [0.1, 0.15) is 5.82 Å². The average Bonchev–Trinajstić information content (AvgIpc) is 2.79. The fourth-order valence-electron chi connectivity index (χ4n) is 4.48. The van der Waals surface area contributed by atoms with Crippen molar-refractivity contribution in [3.05, 3.63) is 51.2 Å². The van der Waals surface area contributed by atoms with Gasteiger partial charge >= 0.3 is 0 Å². The molecule has 2 aliphatic heterocycles. The molecule has 0 radical (unpaired) electrons. The first kappa shape index (κ1) is 21.4. The first-order chi connectivity index (χ1) is 15.0. The number of carbonyl (C=O) groups is 1. The van der Waals surface area contributed by atoms with Crippen LogP contribution in [0.2, 0.25) is 0 Å². The molecule has 8 nitrogen and oxygen atoms in total. The minimum atomic E-state index is -0.0414. The predicted molar refractivity (Wildman–Crippen MR) is 117 cm³/mol. The normalized spacial score (nSPS) is 19.1. The molecule has 1 N–H and O–H groups in total. The van der Waals surface area contributed by atoms with Crippen molar-refractivity contribution in [3.63, 3.8) is 0 Å². The third kappa shape index (κ3) is 4.58. The van der Waals surface area contributed by atoms with E-state index in [2.05, 4.69) is 9.88 Å². The van der Waals surface area contributed by atoms with Gasteiger partial charge in [0, 0.05) is 38.5 Å². The van der Waals surface area contributed by atoms with Crippen LogP contribution >= 0.6 is 0 Å². The van der Waals surface area contributed by atoms with Crippen LogP contribution in [0.5, 0.6) is 11.5 Å². The zero-order valence-corrected chi connectivity index (χ0v) is 18.4. The molecule has 0 unspecified atom stereocenters. The minimum Gasteiger partial charge on any atom is -0.493 e. The lowest BCUT2D eigenvalue weighted by atomic mass is 9.95. The van der Waals surface area contributed by atoms with Crippen LogP contribution in [0.4, 0.5) is 0 Å². The van der Waals surface area contributed by atoms with Gasteiger partial charge in [-0.3, -0.25) is 9.59 Å². The number of ether oxygens (including phenoxy) is 2. The van der Waals surface area contributed by atoms with Crippen molar-refractivity contribution in [2.45, 2.75) is 38.1 Å². The third-order valence-corrected chi connectivity index (χ3v) is 6.24. The van der Waals surface area contributed by atoms with Crippen LogP contribution in [0.3, 0.4) is 0 Å². The highest BCUT2D eigenvalue weighted by atomic mass is 16.5. The van der Waals surface area contributed by atoms with Crippen molar-refractivity contribution in [1.29, 1.82) is 0 Å². The molecular formula is C23H30N4O4. The Balaban J connectivity index is 1.47. The summed E-state index contributed by atoms with van der Waals surface area (Å²) in [7, 11) is 5.19. The number of likely N-dealkylation sites (N-methyl/N-ethyl adjacent to an activating group) is 1. The number of likely N-dealkylation sites (tertiary alicyclic amines) is 1. The lowest BCUT2D eigenvalue weighted by molar-refractivity contribution is -0.131. The van der Waals surface area contributed by atoms with Gasteiger partial charge in [0.25, 0.3) is 5.56 Å². The number of H-pyrrole nitrogens is 1. The van der Waals surface area contributed by atoms with E-state index in [0.29, 0.717) is 31.0 Å². The highest BCUT2D eigenvalue weighted by molar-refractivity contribution is 5.79. The summed E-state index contributed by atoms with van der Waals surface area (Å²) in [6.45, 7) is 2.85. The summed E-state index contributed by atoms with van der Waals surface area (Å²) in [6.07, 6.45) is 2.90. The van der Waals surface area contributed by atoms with E-state index in [-0.39, 0.29) is 17.4 Å². The van der Waals surface area contributed by atoms with Crippen molar-refractivity contribution in [3.8, 4) is 11.5 Å². The molecule has 1 fully saturated rings. The summed E-state index contributed by atoms with van der Waals surface area (Å²) in [5, 5.41) is 0. The number of carbonyl (C=O) groups excluding carboxylic acids is 1. The first-order valence-electron chi connectivity index (χ1n) is 10.8. The molecular weight excluding hydrogens is 396 g/mol. The van der Waals surface area contributed by atoms with Gasteiger partial charge in [0.05, 0.1) is 31.9 Å². The van der Waals surface area contributed by atoms with Gasteiger partial charge in [0.15, 0.2) is 11.5 Å². The lowest BCUT2D eigenvalue weighted by Crippen LogP contribution is -2.41. The summed E-state index contributed by atoms with van der Waals surface area (Å²) in [5.41, 5.74) is 2.52. The monoisotopic (exact) mass is 426 g/mol. The standard InChI is InChI=1S/C23H30N4O4/c1-26-10-8-18-17(14-26)23(29)25-22(24-18)16-5-4-9-27(13-16)21(28)12-15-6-7-19(30-2)20(11-15)31-3/h6-7,11,16H,4-5,8-10,12-14H2,1-3H3,(H,24,25,29)/t16-/m0/s1. The van der Waals surface area contributed by atoms with E-state index in [0.717, 1.165) is 55.0 Å². The zero-order valence-electron chi connectivity index (χ0n) is 18.4. The minimum absolute atomic E-state index is 0.0414. The van der Waals surface area contributed by atoms with E-state index in [1.54, 1.807) is 14.2 Å². The van der Waals surface area contributed by atoms with Gasteiger partial charge in [-0.1, -0.05) is 6.07 Å². The summed E-state index contributed by atoms with van der Waals surface area (Å²) in [4.78, 5) is 37.4. The number of hydrogen-bond acceptors (Lipinski definition) is 6. The number of aromatic amines is 1. The van der Waals surface area contributed by atoms with Crippen molar-refractivity contribution >= 4 is 5.91 Å². The summed E-state index contributed by atoms with van der Waals surface area (Å²) in [6, 6.07) is 5.55. The van der Waals surface area contributed by atoms with Crippen LogP contribution in [0.25, 0.3) is 0 Å². The molecule has 2 aromatic rings. The SMILES string of the molecule is COc1ccc(CC(=O)N2CCC[C@H](c3nc4c(c(=O)[nH]3)CN(C)CC4)C2)cc1OC. The fourth-order valence-corrected chi connectivity index (χ4v) is 4.48. The van der Waals surface area contributed by atoms with Crippen molar-refractivity contribution in [2.24, 2.45) is 0 Å². The van der Waals surface area contributed by atoms with Crippen LogP contribution in [0.1, 0.15) is 41.4 Å². The van der Waals surface area contributed by atoms with Gasteiger partial charge in [-0.05, 0) is 37.6 Å². The molecule has 166 valence electrons. The maximum atomic E-state index is 13.0. The highest BCUT2D eigenvalue weighted by Gasteiger charge is 2.28. The van der Waals surface area contributed by atoms with Gasteiger partial charge in [-0.25, -0.2) is 4.98 Å². The number of benzene rings is 1. The zero-order chi connectivity index (χ0) is 22.0. The largest absolute Gasteiger partial charge is 0.493 e. The number of methoxy groups -OCH3 is 2. The number of piperidine rings is 1. The molecule has 4 rings (SSSR count). The van der Waals surface area contributed by atoms with Crippen molar-refractivity contribution in [2.75, 3.05) is 40.9 Å². The number of nitrogens with one attached hydrogen (secondary N) is 1. The van der Waals surface area contributed by atoms with Gasteiger partial charge in [-0.15, -0.1) is 0 Å². The van der Waals surface area contributed by atoms with E-state index >= 15 is 0 Å². The molecule has 1 aromatic heterocycles. The number of fused-ring (bicyclic) bond motifs is 1. The topological polar surface area (TPSA) is 87.8 Å². The molecule has 0 aliphatic carbocycles. The van der Waals surface area contributed by atoms with E-state index in [9.17, 15) is 9.59 Å². The Morgan fingerprint density at radius 1 is 1.23 bits per heavy atom. The van der Waals surface area contributed by atoms with Crippen molar-refractivity contribution < 1.29 is 14.3 Å². The summed E-state index contributed by atoms with van der Waals surface area (Å²) >= 11 is 0. The second-order valence-corrected chi connectivity index (χ2v) is 8.41. The highest BCUT2D eigenvalue weighted by Crippen LogP contribution is 2.29. The predicted octanol–water partition coefficient (Wildman–Crippen LogP) is 1.72. The van der Waals surface area contributed by atoms with Crippen LogP contribution in [-0.2, 0) is 24.2 Å². The maximum Gasteiger partial charge on any atom is 0.255 e. The Labute approximate surface area is 182 Å². The Bertz CT molecular complexity index is 1020. The maximum absolute atomic E-state index is 13.0. The van der Waals surface area contributed by atoms with E-state index in [1.165, 1.54) is 0 Å². The summed E-state index contributed by atoms with van der Waals surface area (Å²) < 4.78 is 10.6. The van der Waals surface area contributed by atoms with Crippen LogP contribution in [-0.4, -0.2) is 66.6 Å². The number of aromatic nitrogens is 2. The lowest BCUT2D eigenvalue weighted by Gasteiger charge is -2.33. The number of hydrogen-bond donors (Lipinski definition) is 1. The van der Waals surface area contributed by atoms with Crippen LogP contribution in [0.15, 0.2) is 23.0 Å². The second kappa shape index (κ2) is 9.09. The molecule has 0 spiro atoms. The van der Waals surface area contributed by atoms with E-state index < -0.39 is 0 Å². The van der Waals surface area contributed by atoms with Crippen LogP contribution in [0, 0.1) is 0 Å². The number of rotatable bonds is 5. The Morgan fingerprint density at radius 2 is 2.03 bits per heavy atom. The second-order valence-electron chi connectivity index (χ2n) is 8.41. The Kier molecular flexibility index (Phi) is 6.27. The molecule has 1 saturated heterocycles. The fraction of sp³-hybridized carbons (Fsp3) is 0.522. The number of amides is 1. The molecule has 8 heteroatoms. The molecule has 0 saturated carbocycles. The quantitative estimate of drug-likeness (QED) is 0.783. The molecule has 0 bridgehead atoms. The van der Waals surface area contributed by atoms with Crippen LogP contribution < -0.4 is 15.0 Å².